The van der Waals surface area contributed by atoms with Crippen LogP contribution in [0, 0.1) is 11.6 Å². The van der Waals surface area contributed by atoms with Gasteiger partial charge in [0.15, 0.2) is 11.5 Å². The molecule has 23 heavy (non-hydrogen) atoms. The number of hydrogen-bond donors (Lipinski definition) is 0. The number of ether oxygens (including phenoxy) is 2. The Labute approximate surface area is 133 Å². The molecule has 1 aromatic carbocycles. The van der Waals surface area contributed by atoms with Crippen LogP contribution in [-0.4, -0.2) is 33.4 Å². The van der Waals surface area contributed by atoms with Crippen LogP contribution in [0.2, 0.25) is 0 Å². The third kappa shape index (κ3) is 2.52. The first kappa shape index (κ1) is 14.1. The number of nitrogens with zero attached hydrogens (tertiary/aromatic N) is 4. The quantitative estimate of drug-likeness (QED) is 0.735. The molecule has 118 valence electrons. The van der Waals surface area contributed by atoms with Crippen LogP contribution < -0.4 is 9.47 Å². The molecule has 0 atom stereocenters. The van der Waals surface area contributed by atoms with Crippen LogP contribution in [0.4, 0.5) is 8.78 Å². The predicted molar refractivity (Wildman–Crippen MR) is 77.6 cm³/mol. The summed E-state index contributed by atoms with van der Waals surface area (Å²) < 4.78 is 38.4. The molecule has 0 saturated heterocycles. The Kier molecular flexibility index (Phi) is 3.41. The third-order valence-electron chi connectivity index (χ3n) is 3.32. The molecule has 1 aliphatic heterocycles. The summed E-state index contributed by atoms with van der Waals surface area (Å²) >= 11 is 1.37. The van der Waals surface area contributed by atoms with Crippen molar-refractivity contribution in [2.45, 2.75) is 6.54 Å². The van der Waals surface area contributed by atoms with Gasteiger partial charge in [-0.3, -0.25) is 0 Å². The zero-order chi connectivity index (χ0) is 15.8. The number of rotatable bonds is 3. The fraction of sp³-hybridized carbons (Fsp3) is 0.214. The highest BCUT2D eigenvalue weighted by molar-refractivity contribution is 7.14. The normalized spacial score (nSPS) is 13.3. The number of aromatic nitrogens is 4. The molecule has 1 aliphatic rings. The lowest BCUT2D eigenvalue weighted by Gasteiger charge is -2.15. The van der Waals surface area contributed by atoms with Crippen molar-refractivity contribution in [1.29, 1.82) is 0 Å². The zero-order valence-corrected chi connectivity index (χ0v) is 12.5. The molecule has 2 aromatic heterocycles. The standard InChI is InChI=1S/C14H10F2N4O2S/c15-9-2-1-3-10(16)8(9)6-20-18-14(17-19-20)13-12-11(7-23-13)21-4-5-22-12/h1-3,7H,4-6H2. The average molecular weight is 336 g/mol. The Morgan fingerprint density at radius 1 is 1.17 bits per heavy atom. The number of fused-ring (bicyclic) bond motifs is 1. The van der Waals surface area contributed by atoms with Gasteiger partial charge in [-0.05, 0) is 17.3 Å². The Bertz CT molecular complexity index is 844. The first-order valence-electron chi connectivity index (χ1n) is 6.80. The van der Waals surface area contributed by atoms with E-state index in [0.29, 0.717) is 35.4 Å². The van der Waals surface area contributed by atoms with Gasteiger partial charge >= 0.3 is 0 Å². The molecule has 6 nitrogen and oxygen atoms in total. The summed E-state index contributed by atoms with van der Waals surface area (Å²) in [7, 11) is 0. The van der Waals surface area contributed by atoms with Gasteiger partial charge in [-0.15, -0.1) is 21.5 Å². The van der Waals surface area contributed by atoms with Gasteiger partial charge in [0.25, 0.3) is 0 Å². The lowest BCUT2D eigenvalue weighted by Crippen LogP contribution is -2.14. The number of hydrogen-bond acceptors (Lipinski definition) is 6. The Hall–Kier alpha value is -2.55. The van der Waals surface area contributed by atoms with Gasteiger partial charge in [-0.1, -0.05) is 6.07 Å². The van der Waals surface area contributed by atoms with Crippen LogP contribution in [0.25, 0.3) is 10.7 Å². The second-order valence-electron chi connectivity index (χ2n) is 4.80. The van der Waals surface area contributed by atoms with Crippen LogP contribution in [0.15, 0.2) is 23.6 Å². The molecule has 0 amide bonds. The van der Waals surface area contributed by atoms with E-state index in [9.17, 15) is 8.78 Å². The summed E-state index contributed by atoms with van der Waals surface area (Å²) in [6, 6.07) is 3.69. The number of benzene rings is 1. The molecule has 0 saturated carbocycles. The van der Waals surface area contributed by atoms with Gasteiger partial charge in [0.05, 0.1) is 6.54 Å². The Morgan fingerprint density at radius 3 is 2.78 bits per heavy atom. The van der Waals surface area contributed by atoms with Crippen molar-refractivity contribution in [1.82, 2.24) is 20.2 Å². The largest absolute Gasteiger partial charge is 0.485 e. The van der Waals surface area contributed by atoms with Crippen molar-refractivity contribution in [2.24, 2.45) is 0 Å². The lowest BCUT2D eigenvalue weighted by atomic mass is 10.2. The summed E-state index contributed by atoms with van der Waals surface area (Å²) in [5, 5.41) is 13.8. The van der Waals surface area contributed by atoms with Crippen molar-refractivity contribution in [2.75, 3.05) is 13.2 Å². The minimum Gasteiger partial charge on any atom is -0.485 e. The molecule has 0 N–H and O–H groups in total. The van der Waals surface area contributed by atoms with Gasteiger partial charge < -0.3 is 9.47 Å². The van der Waals surface area contributed by atoms with Crippen molar-refractivity contribution in [3.63, 3.8) is 0 Å². The molecule has 0 aliphatic carbocycles. The maximum absolute atomic E-state index is 13.7. The number of halogens is 2. The minimum atomic E-state index is -0.644. The molecule has 9 heteroatoms. The molecule has 3 aromatic rings. The average Bonchev–Trinajstić information content (AvgIpc) is 3.17. The van der Waals surface area contributed by atoms with Gasteiger partial charge in [0.2, 0.25) is 5.82 Å². The maximum Gasteiger partial charge on any atom is 0.218 e. The highest BCUT2D eigenvalue weighted by atomic mass is 32.1. The highest BCUT2D eigenvalue weighted by Gasteiger charge is 2.23. The number of tetrazole rings is 1. The molecule has 4 rings (SSSR count). The fourth-order valence-electron chi connectivity index (χ4n) is 2.24. The van der Waals surface area contributed by atoms with E-state index in [1.165, 1.54) is 29.5 Å². The van der Waals surface area contributed by atoms with E-state index in [2.05, 4.69) is 15.4 Å². The highest BCUT2D eigenvalue weighted by Crippen LogP contribution is 2.44. The van der Waals surface area contributed by atoms with Crippen molar-refractivity contribution < 1.29 is 18.3 Å². The SMILES string of the molecule is Fc1cccc(F)c1Cn1nnc(-c2scc3c2OCCO3)n1. The Balaban J connectivity index is 1.64. The second kappa shape index (κ2) is 5.58. The first-order valence-corrected chi connectivity index (χ1v) is 7.68. The third-order valence-corrected chi connectivity index (χ3v) is 4.25. The van der Waals surface area contributed by atoms with E-state index < -0.39 is 11.6 Å². The van der Waals surface area contributed by atoms with Gasteiger partial charge in [-0.2, -0.15) is 4.80 Å². The summed E-state index contributed by atoms with van der Waals surface area (Å²) in [6.07, 6.45) is 0. The second-order valence-corrected chi connectivity index (χ2v) is 5.68. The van der Waals surface area contributed by atoms with Crippen LogP contribution in [0.1, 0.15) is 5.56 Å². The fourth-order valence-corrected chi connectivity index (χ4v) is 3.10. The van der Waals surface area contributed by atoms with Crippen LogP contribution in [-0.2, 0) is 6.54 Å². The Morgan fingerprint density at radius 2 is 1.96 bits per heavy atom. The number of thiophene rings is 1. The lowest BCUT2D eigenvalue weighted by molar-refractivity contribution is 0.174. The van der Waals surface area contributed by atoms with Crippen molar-refractivity contribution in [3.8, 4) is 22.2 Å². The summed E-state index contributed by atoms with van der Waals surface area (Å²) in [5.74, 6) is 0.271. The molecule has 0 radical (unpaired) electrons. The van der Waals surface area contributed by atoms with E-state index in [1.54, 1.807) is 5.38 Å². The van der Waals surface area contributed by atoms with Crippen molar-refractivity contribution >= 4 is 11.3 Å². The van der Waals surface area contributed by atoms with Gasteiger partial charge in [-0.25, -0.2) is 8.78 Å². The molecule has 0 fully saturated rings. The van der Waals surface area contributed by atoms with Gasteiger partial charge in [0, 0.05) is 10.9 Å². The molecular formula is C14H10F2N4O2S. The van der Waals surface area contributed by atoms with E-state index in [1.807, 2.05) is 0 Å². The predicted octanol–water partition coefficient (Wildman–Crippen LogP) is 2.50. The first-order chi connectivity index (χ1) is 11.2. The topological polar surface area (TPSA) is 62.1 Å². The molecule has 3 heterocycles. The molecule has 0 bridgehead atoms. The smallest absolute Gasteiger partial charge is 0.218 e. The summed E-state index contributed by atoms with van der Waals surface area (Å²) in [6.45, 7) is 0.803. The zero-order valence-electron chi connectivity index (χ0n) is 11.7. The van der Waals surface area contributed by atoms with Gasteiger partial charge in [0.1, 0.15) is 29.7 Å². The minimum absolute atomic E-state index is 0.107. The monoisotopic (exact) mass is 336 g/mol. The van der Waals surface area contributed by atoms with Crippen LogP contribution in [0.3, 0.4) is 0 Å². The van der Waals surface area contributed by atoms with E-state index in [4.69, 9.17) is 9.47 Å². The summed E-state index contributed by atoms with van der Waals surface area (Å²) in [4.78, 5) is 1.83. The molecule has 0 spiro atoms. The van der Waals surface area contributed by atoms with E-state index >= 15 is 0 Å². The maximum atomic E-state index is 13.7. The van der Waals surface area contributed by atoms with Crippen molar-refractivity contribution in [3.05, 3.63) is 40.8 Å². The summed E-state index contributed by atoms with van der Waals surface area (Å²) in [5.41, 5.74) is -0.107. The molecular weight excluding hydrogens is 326 g/mol. The van der Waals surface area contributed by atoms with E-state index in [-0.39, 0.29) is 12.1 Å². The molecule has 0 unspecified atom stereocenters. The van der Waals surface area contributed by atoms with Crippen LogP contribution in [0.5, 0.6) is 11.5 Å². The van der Waals surface area contributed by atoms with Crippen LogP contribution >= 0.6 is 11.3 Å². The van der Waals surface area contributed by atoms with E-state index in [0.717, 1.165) is 4.80 Å².